The zero-order valence-corrected chi connectivity index (χ0v) is 12.1. The molecule has 2 amide bonds. The first-order chi connectivity index (χ1) is 9.81. The number of carbonyl (C=O) groups is 1. The van der Waals surface area contributed by atoms with Gasteiger partial charge in [0, 0.05) is 20.2 Å². The van der Waals surface area contributed by atoms with E-state index in [1.54, 1.807) is 24.7 Å². The average Bonchev–Trinajstić information content (AvgIpc) is 3.12. The second kappa shape index (κ2) is 7.72. The Balaban J connectivity index is 1.91. The molecule has 6 heteroatoms. The van der Waals surface area contributed by atoms with Gasteiger partial charge in [0.15, 0.2) is 0 Å². The number of hydrogen-bond donors (Lipinski definition) is 2. The molecule has 0 radical (unpaired) electrons. The van der Waals surface area contributed by atoms with Crippen molar-refractivity contribution in [3.8, 4) is 0 Å². The van der Waals surface area contributed by atoms with Gasteiger partial charge in [-0.25, -0.2) is 4.79 Å². The van der Waals surface area contributed by atoms with E-state index in [1.807, 2.05) is 23.6 Å². The average molecular weight is 294 g/mol. The van der Waals surface area contributed by atoms with Crippen molar-refractivity contribution in [3.63, 3.8) is 0 Å². The number of thiophene rings is 1. The first kappa shape index (κ1) is 14.6. The van der Waals surface area contributed by atoms with Gasteiger partial charge in [0.25, 0.3) is 0 Å². The second-order valence-electron chi connectivity index (χ2n) is 4.25. The number of rotatable bonds is 7. The van der Waals surface area contributed by atoms with Crippen LogP contribution in [0, 0.1) is 0 Å². The zero-order chi connectivity index (χ0) is 14.2. The molecule has 0 spiro atoms. The van der Waals surface area contributed by atoms with Crippen molar-refractivity contribution in [2.75, 3.05) is 26.8 Å². The van der Waals surface area contributed by atoms with E-state index in [0.29, 0.717) is 19.7 Å². The first-order valence-electron chi connectivity index (χ1n) is 6.37. The van der Waals surface area contributed by atoms with Crippen LogP contribution < -0.4 is 10.6 Å². The summed E-state index contributed by atoms with van der Waals surface area (Å²) in [6, 6.07) is 5.62. The van der Waals surface area contributed by atoms with Crippen LogP contribution in [0.5, 0.6) is 0 Å². The molecule has 2 aromatic heterocycles. The number of furan rings is 1. The van der Waals surface area contributed by atoms with Gasteiger partial charge >= 0.3 is 6.03 Å². The second-order valence-corrected chi connectivity index (χ2v) is 5.03. The summed E-state index contributed by atoms with van der Waals surface area (Å²) < 4.78 is 10.3. The van der Waals surface area contributed by atoms with E-state index < -0.39 is 0 Å². The van der Waals surface area contributed by atoms with E-state index >= 15 is 0 Å². The van der Waals surface area contributed by atoms with Gasteiger partial charge in [-0.3, -0.25) is 0 Å². The lowest BCUT2D eigenvalue weighted by Crippen LogP contribution is -2.39. The Kier molecular flexibility index (Phi) is 5.64. The number of methoxy groups -OCH3 is 1. The number of urea groups is 1. The lowest BCUT2D eigenvalue weighted by Gasteiger charge is -2.15. The van der Waals surface area contributed by atoms with E-state index in [-0.39, 0.29) is 11.9 Å². The summed E-state index contributed by atoms with van der Waals surface area (Å²) in [5.74, 6) is 0.880. The Morgan fingerprint density at radius 2 is 2.35 bits per heavy atom. The highest BCUT2D eigenvalue weighted by atomic mass is 32.1. The van der Waals surface area contributed by atoms with Gasteiger partial charge in [-0.1, -0.05) is 0 Å². The van der Waals surface area contributed by atoms with Crippen molar-refractivity contribution in [2.24, 2.45) is 0 Å². The summed E-state index contributed by atoms with van der Waals surface area (Å²) in [5.41, 5.74) is 1.14. The maximum atomic E-state index is 11.7. The molecule has 2 rings (SSSR count). The van der Waals surface area contributed by atoms with Gasteiger partial charge in [0.2, 0.25) is 0 Å². The van der Waals surface area contributed by atoms with Gasteiger partial charge in [0.1, 0.15) is 5.76 Å². The predicted octanol–water partition coefficient (Wildman–Crippen LogP) is 2.42. The number of amides is 2. The molecule has 0 saturated carbocycles. The highest BCUT2D eigenvalue weighted by Crippen LogP contribution is 2.26. The maximum Gasteiger partial charge on any atom is 0.314 e. The Bertz CT molecular complexity index is 462. The summed E-state index contributed by atoms with van der Waals surface area (Å²) in [7, 11) is 1.60. The molecule has 5 nitrogen and oxygen atoms in total. The smallest absolute Gasteiger partial charge is 0.314 e. The Hall–Kier alpha value is -1.79. The summed E-state index contributed by atoms with van der Waals surface area (Å²) in [6.45, 7) is 1.48. The van der Waals surface area contributed by atoms with Crippen LogP contribution in [0.15, 0.2) is 39.6 Å². The third-order valence-electron chi connectivity index (χ3n) is 2.89. The van der Waals surface area contributed by atoms with Crippen molar-refractivity contribution in [2.45, 2.75) is 5.92 Å². The van der Waals surface area contributed by atoms with E-state index in [4.69, 9.17) is 9.15 Å². The van der Waals surface area contributed by atoms with Crippen molar-refractivity contribution >= 4 is 17.4 Å². The fraction of sp³-hybridized carbons (Fsp3) is 0.357. The molecule has 108 valence electrons. The predicted molar refractivity (Wildman–Crippen MR) is 78.1 cm³/mol. The first-order valence-corrected chi connectivity index (χ1v) is 7.31. The molecule has 0 fully saturated rings. The lowest BCUT2D eigenvalue weighted by molar-refractivity contribution is 0.196. The highest BCUT2D eigenvalue weighted by molar-refractivity contribution is 7.08. The van der Waals surface area contributed by atoms with Gasteiger partial charge in [-0.15, -0.1) is 0 Å². The molecule has 0 saturated heterocycles. The van der Waals surface area contributed by atoms with Crippen LogP contribution in [-0.4, -0.2) is 32.8 Å². The van der Waals surface area contributed by atoms with E-state index in [2.05, 4.69) is 16.0 Å². The van der Waals surface area contributed by atoms with Gasteiger partial charge in [-0.05, 0) is 34.5 Å². The van der Waals surface area contributed by atoms with Crippen LogP contribution >= 0.6 is 11.3 Å². The van der Waals surface area contributed by atoms with Crippen molar-refractivity contribution in [1.29, 1.82) is 0 Å². The topological polar surface area (TPSA) is 63.5 Å². The third kappa shape index (κ3) is 4.11. The SMILES string of the molecule is COCCNC(=O)NCC(c1ccsc1)c1ccco1. The van der Waals surface area contributed by atoms with Crippen LogP contribution in [0.1, 0.15) is 17.2 Å². The minimum Gasteiger partial charge on any atom is -0.469 e. The van der Waals surface area contributed by atoms with Crippen molar-refractivity contribution in [3.05, 3.63) is 46.5 Å². The monoisotopic (exact) mass is 294 g/mol. The Morgan fingerprint density at radius 1 is 1.45 bits per heavy atom. The number of nitrogens with one attached hydrogen (secondary N) is 2. The van der Waals surface area contributed by atoms with Crippen molar-refractivity contribution in [1.82, 2.24) is 10.6 Å². The zero-order valence-electron chi connectivity index (χ0n) is 11.3. The normalized spacial score (nSPS) is 12.1. The number of ether oxygens (including phenoxy) is 1. The van der Waals surface area contributed by atoms with Gasteiger partial charge in [0.05, 0.1) is 18.8 Å². The lowest BCUT2D eigenvalue weighted by atomic mass is 9.99. The third-order valence-corrected chi connectivity index (χ3v) is 3.59. The molecule has 0 aliphatic carbocycles. The molecule has 0 aliphatic rings. The van der Waals surface area contributed by atoms with E-state index in [1.165, 1.54) is 0 Å². The summed E-state index contributed by atoms with van der Waals surface area (Å²) in [4.78, 5) is 11.7. The Morgan fingerprint density at radius 3 is 3.00 bits per heavy atom. The summed E-state index contributed by atoms with van der Waals surface area (Å²) >= 11 is 1.63. The minimum atomic E-state index is -0.200. The fourth-order valence-electron chi connectivity index (χ4n) is 1.87. The molecule has 0 aromatic carbocycles. The molecule has 0 aliphatic heterocycles. The van der Waals surface area contributed by atoms with Gasteiger partial charge in [-0.2, -0.15) is 11.3 Å². The van der Waals surface area contributed by atoms with E-state index in [9.17, 15) is 4.79 Å². The largest absolute Gasteiger partial charge is 0.469 e. The molecule has 2 N–H and O–H groups in total. The molecule has 2 heterocycles. The molecule has 2 aromatic rings. The minimum absolute atomic E-state index is 0.0319. The number of carbonyl (C=O) groups excluding carboxylic acids is 1. The molecular formula is C14H18N2O3S. The molecule has 1 atom stereocenters. The standard InChI is InChI=1S/C14H18N2O3S/c1-18-7-5-15-14(17)16-9-12(11-4-8-20-10-11)13-3-2-6-19-13/h2-4,6,8,10,12H,5,7,9H2,1H3,(H2,15,16,17). The summed E-state index contributed by atoms with van der Waals surface area (Å²) in [6.07, 6.45) is 1.65. The fourth-order valence-corrected chi connectivity index (χ4v) is 2.58. The number of hydrogen-bond acceptors (Lipinski definition) is 4. The van der Waals surface area contributed by atoms with Crippen LogP contribution in [0.2, 0.25) is 0 Å². The quantitative estimate of drug-likeness (QED) is 0.771. The maximum absolute atomic E-state index is 11.7. The van der Waals surface area contributed by atoms with Gasteiger partial charge < -0.3 is 19.8 Å². The summed E-state index contributed by atoms with van der Waals surface area (Å²) in [5, 5.41) is 9.67. The molecule has 20 heavy (non-hydrogen) atoms. The van der Waals surface area contributed by atoms with Crippen LogP contribution in [0.3, 0.4) is 0 Å². The van der Waals surface area contributed by atoms with E-state index in [0.717, 1.165) is 11.3 Å². The van der Waals surface area contributed by atoms with Crippen LogP contribution in [-0.2, 0) is 4.74 Å². The molecule has 0 bridgehead atoms. The van der Waals surface area contributed by atoms with Crippen LogP contribution in [0.4, 0.5) is 4.79 Å². The molecule has 1 unspecified atom stereocenters. The van der Waals surface area contributed by atoms with Crippen molar-refractivity contribution < 1.29 is 13.9 Å². The molecular weight excluding hydrogens is 276 g/mol. The van der Waals surface area contributed by atoms with Crippen LogP contribution in [0.25, 0.3) is 0 Å². The highest BCUT2D eigenvalue weighted by Gasteiger charge is 2.18. The Labute approximate surface area is 121 Å².